The number of hydrogen-bond acceptors (Lipinski definition) is 0. The van der Waals surface area contributed by atoms with Crippen molar-refractivity contribution in [2.24, 2.45) is 5.92 Å². The summed E-state index contributed by atoms with van der Waals surface area (Å²) in [7, 11) is 0. The lowest BCUT2D eigenvalue weighted by Gasteiger charge is -2.22. The topological polar surface area (TPSA) is 55.3 Å². The van der Waals surface area contributed by atoms with E-state index in [1.807, 2.05) is 0 Å². The minimum Gasteiger partial charge on any atom is -0.357 e. The highest BCUT2D eigenvalue weighted by Gasteiger charge is 2.24. The smallest absolute Gasteiger partial charge is 0.0926 e. The van der Waals surface area contributed by atoms with Crippen molar-refractivity contribution >= 4 is 0 Å². The summed E-state index contributed by atoms with van der Waals surface area (Å²) >= 11 is 0. The van der Waals surface area contributed by atoms with E-state index in [1.165, 1.54) is 25.7 Å². The van der Waals surface area contributed by atoms with Crippen molar-refractivity contribution in [1.29, 1.82) is 0 Å². The Morgan fingerprint density at radius 2 is 1.89 bits per heavy atom. The molecule has 2 heteroatoms. The van der Waals surface area contributed by atoms with Gasteiger partial charge in [-0.3, -0.25) is 0 Å². The van der Waals surface area contributed by atoms with Gasteiger partial charge in [0.15, 0.2) is 0 Å². The van der Waals surface area contributed by atoms with Crippen LogP contribution in [0.25, 0.3) is 0 Å². The van der Waals surface area contributed by atoms with Crippen molar-refractivity contribution in [3.05, 3.63) is 0 Å². The molecular weight excluding hydrogens is 112 g/mol. The maximum Gasteiger partial charge on any atom is 0.0926 e. The van der Waals surface area contributed by atoms with E-state index in [-0.39, 0.29) is 0 Å². The first-order valence-electron chi connectivity index (χ1n) is 3.97. The van der Waals surface area contributed by atoms with Crippen molar-refractivity contribution in [3.63, 3.8) is 0 Å². The quantitative estimate of drug-likeness (QED) is 0.459. The molecule has 2 nitrogen and oxygen atoms in total. The highest BCUT2D eigenvalue weighted by atomic mass is 14.7. The Hall–Kier alpha value is -0.0800. The average molecular weight is 130 g/mol. The molecule has 0 aliphatic heterocycles. The van der Waals surface area contributed by atoms with Crippen LogP contribution in [0, 0.1) is 5.92 Å². The van der Waals surface area contributed by atoms with Crippen LogP contribution in [-0.2, 0) is 0 Å². The average Bonchev–Trinajstić information content (AvgIpc) is 1.89. The van der Waals surface area contributed by atoms with Gasteiger partial charge >= 0.3 is 0 Å². The van der Waals surface area contributed by atoms with Gasteiger partial charge in [-0.05, 0) is 19.3 Å². The maximum atomic E-state index is 4.11. The fourth-order valence-electron chi connectivity index (χ4n) is 1.66. The zero-order chi connectivity index (χ0) is 6.69. The van der Waals surface area contributed by atoms with Gasteiger partial charge in [0.1, 0.15) is 0 Å². The first-order chi connectivity index (χ1) is 4.34. The minimum absolute atomic E-state index is 0.705. The first kappa shape index (κ1) is 7.03. The molecule has 0 aromatic carbocycles. The molecule has 1 aliphatic carbocycles. The van der Waals surface area contributed by atoms with Crippen LogP contribution in [-0.4, -0.2) is 12.6 Å². The van der Waals surface area contributed by atoms with Crippen LogP contribution in [0.2, 0.25) is 0 Å². The van der Waals surface area contributed by atoms with E-state index in [9.17, 15) is 0 Å². The summed E-state index contributed by atoms with van der Waals surface area (Å²) in [6, 6.07) is 0.705. The van der Waals surface area contributed by atoms with Gasteiger partial charge in [-0.2, -0.15) is 0 Å². The third-order valence-electron chi connectivity index (χ3n) is 2.44. The molecule has 0 bridgehead atoms. The summed E-state index contributed by atoms with van der Waals surface area (Å²) in [6.45, 7) is 1.09. The third kappa shape index (κ3) is 1.66. The summed E-state index contributed by atoms with van der Waals surface area (Å²) in [5.41, 5.74) is 8.03. The van der Waals surface area contributed by atoms with Gasteiger partial charge in [0.2, 0.25) is 0 Å². The zero-order valence-corrected chi connectivity index (χ0v) is 6.10. The van der Waals surface area contributed by atoms with Crippen molar-refractivity contribution in [1.82, 2.24) is 0 Å². The Kier molecular flexibility index (Phi) is 2.49. The second-order valence-electron chi connectivity index (χ2n) is 3.09. The normalized spacial score (nSPS) is 36.7. The second-order valence-corrected chi connectivity index (χ2v) is 3.09. The lowest BCUT2D eigenvalue weighted by Crippen LogP contribution is -2.70. The van der Waals surface area contributed by atoms with Crippen LogP contribution in [0.5, 0.6) is 0 Å². The van der Waals surface area contributed by atoms with E-state index in [4.69, 9.17) is 0 Å². The summed E-state index contributed by atoms with van der Waals surface area (Å²) < 4.78 is 0. The largest absolute Gasteiger partial charge is 0.357 e. The third-order valence-corrected chi connectivity index (χ3v) is 2.44. The van der Waals surface area contributed by atoms with Crippen LogP contribution >= 0.6 is 0 Å². The van der Waals surface area contributed by atoms with Crippen molar-refractivity contribution in [2.45, 2.75) is 31.7 Å². The first-order valence-corrected chi connectivity index (χ1v) is 3.97. The molecule has 1 aliphatic rings. The van der Waals surface area contributed by atoms with Crippen LogP contribution in [0.4, 0.5) is 0 Å². The molecule has 0 amide bonds. The predicted molar refractivity (Wildman–Crippen MR) is 36.4 cm³/mol. The molecule has 9 heavy (non-hydrogen) atoms. The van der Waals surface area contributed by atoms with E-state index in [1.54, 1.807) is 0 Å². The van der Waals surface area contributed by atoms with Crippen LogP contribution < -0.4 is 11.5 Å². The van der Waals surface area contributed by atoms with Crippen molar-refractivity contribution in [2.75, 3.05) is 6.54 Å². The fraction of sp³-hybridized carbons (Fsp3) is 1.00. The predicted octanol–water partition coefficient (Wildman–Crippen LogP) is -0.971. The molecule has 1 rings (SSSR count). The molecule has 1 saturated carbocycles. The molecule has 6 N–H and O–H groups in total. The number of quaternary nitrogens is 2. The Bertz CT molecular complexity index is 83.0. The Morgan fingerprint density at radius 1 is 1.22 bits per heavy atom. The molecule has 0 radical (unpaired) electrons. The molecule has 0 heterocycles. The SMILES string of the molecule is [NH3+]C[C@H]1CCCC[C@@H]1[NH3+]. The zero-order valence-electron chi connectivity index (χ0n) is 6.10. The molecule has 2 atom stereocenters. The van der Waals surface area contributed by atoms with Crippen LogP contribution in [0.15, 0.2) is 0 Å². The van der Waals surface area contributed by atoms with Crippen LogP contribution in [0.1, 0.15) is 25.7 Å². The van der Waals surface area contributed by atoms with Gasteiger partial charge in [-0.1, -0.05) is 6.42 Å². The Morgan fingerprint density at radius 3 is 2.33 bits per heavy atom. The van der Waals surface area contributed by atoms with Crippen LogP contribution in [0.3, 0.4) is 0 Å². The maximum absolute atomic E-state index is 4.11. The van der Waals surface area contributed by atoms with E-state index < -0.39 is 0 Å². The van der Waals surface area contributed by atoms with E-state index in [0.29, 0.717) is 6.04 Å². The molecule has 0 spiro atoms. The Labute approximate surface area is 56.6 Å². The van der Waals surface area contributed by atoms with E-state index in [0.717, 1.165) is 12.5 Å². The van der Waals surface area contributed by atoms with Gasteiger partial charge in [0, 0.05) is 0 Å². The molecule has 0 aromatic rings. The molecule has 0 aromatic heterocycles. The van der Waals surface area contributed by atoms with Gasteiger partial charge in [-0.25, -0.2) is 0 Å². The Balaban J connectivity index is 2.30. The van der Waals surface area contributed by atoms with Gasteiger partial charge in [0.05, 0.1) is 18.5 Å². The molecule has 0 unspecified atom stereocenters. The number of rotatable bonds is 1. The minimum atomic E-state index is 0.705. The van der Waals surface area contributed by atoms with Crippen molar-refractivity contribution in [3.8, 4) is 0 Å². The summed E-state index contributed by atoms with van der Waals surface area (Å²) in [6.07, 6.45) is 5.51. The molecule has 1 fully saturated rings. The molecular formula is C7H18N2+2. The van der Waals surface area contributed by atoms with Gasteiger partial charge in [-0.15, -0.1) is 0 Å². The van der Waals surface area contributed by atoms with Crippen molar-refractivity contribution < 1.29 is 11.5 Å². The van der Waals surface area contributed by atoms with E-state index in [2.05, 4.69) is 11.5 Å². The monoisotopic (exact) mass is 130 g/mol. The highest BCUT2D eigenvalue weighted by molar-refractivity contribution is 4.71. The second kappa shape index (κ2) is 3.18. The summed E-state index contributed by atoms with van der Waals surface area (Å²) in [5.74, 6) is 0.832. The number of hydrogen-bond donors (Lipinski definition) is 2. The van der Waals surface area contributed by atoms with Gasteiger partial charge < -0.3 is 11.5 Å². The van der Waals surface area contributed by atoms with Gasteiger partial charge in [0.25, 0.3) is 0 Å². The summed E-state index contributed by atoms with van der Waals surface area (Å²) in [5, 5.41) is 0. The molecule has 54 valence electrons. The lowest BCUT2D eigenvalue weighted by molar-refractivity contribution is -0.464. The summed E-state index contributed by atoms with van der Waals surface area (Å²) in [4.78, 5) is 0. The molecule has 0 saturated heterocycles. The highest BCUT2D eigenvalue weighted by Crippen LogP contribution is 2.19. The van der Waals surface area contributed by atoms with E-state index >= 15 is 0 Å². The fourth-order valence-corrected chi connectivity index (χ4v) is 1.66. The standard InChI is InChI=1S/C7H16N2/c8-5-6-3-1-2-4-7(6)9/h6-7H,1-5,8-9H2/p+2/t6-,7+/m1/s1. The lowest BCUT2D eigenvalue weighted by atomic mass is 9.85.